The van der Waals surface area contributed by atoms with Crippen molar-refractivity contribution in [3.05, 3.63) is 53.6 Å². The molecule has 0 unspecified atom stereocenters. The third kappa shape index (κ3) is 4.38. The first-order chi connectivity index (χ1) is 15.7. The smallest absolute Gasteiger partial charge is 0.232 e. The summed E-state index contributed by atoms with van der Waals surface area (Å²) in [6.45, 7) is 4.69. The Morgan fingerprint density at radius 3 is 2.66 bits per heavy atom. The quantitative estimate of drug-likeness (QED) is 0.552. The molecule has 8 nitrogen and oxygen atoms in total. The molecule has 0 atom stereocenters. The molecule has 9 heteroatoms. The van der Waals surface area contributed by atoms with Gasteiger partial charge in [0.15, 0.2) is 16.7 Å². The number of hydrogen-bond acceptors (Lipinski definition) is 7. The van der Waals surface area contributed by atoms with E-state index in [4.69, 9.17) is 9.47 Å². The molecule has 0 bridgehead atoms. The highest BCUT2D eigenvalue weighted by Gasteiger charge is 2.23. The number of rotatable bonds is 7. The molecule has 0 aliphatic carbocycles. The predicted molar refractivity (Wildman–Crippen MR) is 123 cm³/mol. The second-order valence-electron chi connectivity index (χ2n) is 7.90. The number of thioether (sulfide) groups is 1. The van der Waals surface area contributed by atoms with Crippen molar-refractivity contribution in [2.75, 3.05) is 30.5 Å². The topological polar surface area (TPSA) is 81.5 Å². The largest absolute Gasteiger partial charge is 0.454 e. The summed E-state index contributed by atoms with van der Waals surface area (Å²) in [6, 6.07) is 14.0. The van der Waals surface area contributed by atoms with E-state index in [1.54, 1.807) is 0 Å². The van der Waals surface area contributed by atoms with Gasteiger partial charge in [-0.2, -0.15) is 0 Å². The predicted octanol–water partition coefficient (Wildman–Crippen LogP) is 3.31. The van der Waals surface area contributed by atoms with Crippen LogP contribution in [0.5, 0.6) is 11.5 Å². The van der Waals surface area contributed by atoms with Crippen molar-refractivity contribution in [1.82, 2.24) is 20.1 Å². The molecule has 2 aromatic carbocycles. The lowest BCUT2D eigenvalue weighted by Crippen LogP contribution is -2.25. The molecule has 3 aromatic rings. The number of carbonyl (C=O) groups is 1. The number of amides is 1. The van der Waals surface area contributed by atoms with Crippen LogP contribution in [0.2, 0.25) is 0 Å². The van der Waals surface area contributed by atoms with Crippen LogP contribution in [-0.2, 0) is 11.3 Å². The second kappa shape index (κ2) is 9.12. The van der Waals surface area contributed by atoms with Gasteiger partial charge >= 0.3 is 0 Å². The van der Waals surface area contributed by atoms with E-state index in [0.29, 0.717) is 17.5 Å². The fraction of sp³-hybridized carbons (Fsp3) is 0.348. The molecule has 3 heterocycles. The van der Waals surface area contributed by atoms with Gasteiger partial charge in [0.25, 0.3) is 0 Å². The summed E-state index contributed by atoms with van der Waals surface area (Å²) in [7, 11) is 0. The Kier molecular flexibility index (Phi) is 5.89. The van der Waals surface area contributed by atoms with Gasteiger partial charge in [0.05, 0.1) is 11.4 Å². The van der Waals surface area contributed by atoms with E-state index < -0.39 is 0 Å². The fourth-order valence-electron chi connectivity index (χ4n) is 3.83. The van der Waals surface area contributed by atoms with Crippen LogP contribution in [0.25, 0.3) is 5.69 Å². The Morgan fingerprint density at radius 1 is 1.06 bits per heavy atom. The average Bonchev–Trinajstić information content (AvgIpc) is 3.57. The summed E-state index contributed by atoms with van der Waals surface area (Å²) in [5.74, 6) is 2.49. The zero-order valence-corrected chi connectivity index (χ0v) is 18.7. The van der Waals surface area contributed by atoms with E-state index in [1.807, 2.05) is 18.2 Å². The average molecular weight is 452 g/mol. The monoisotopic (exact) mass is 451 g/mol. The molecular formula is C23H25N5O3S. The lowest BCUT2D eigenvalue weighted by atomic mass is 10.2. The maximum Gasteiger partial charge on any atom is 0.232 e. The van der Waals surface area contributed by atoms with Crippen LogP contribution in [-0.4, -0.2) is 46.3 Å². The summed E-state index contributed by atoms with van der Waals surface area (Å²) in [6.07, 6.45) is 2.32. The Balaban J connectivity index is 1.26. The minimum absolute atomic E-state index is 0.0613. The van der Waals surface area contributed by atoms with Crippen LogP contribution in [0.4, 0.5) is 5.95 Å². The fourth-order valence-corrected chi connectivity index (χ4v) is 4.61. The zero-order valence-electron chi connectivity index (χ0n) is 17.9. The summed E-state index contributed by atoms with van der Waals surface area (Å²) in [5, 5.41) is 12.6. The van der Waals surface area contributed by atoms with Crippen LogP contribution in [0.3, 0.4) is 0 Å². The number of ether oxygens (including phenoxy) is 2. The SMILES string of the molecule is Cc1ccc(-n2c(SCC(=O)NCc3ccc4c(c3)OCO4)nnc2N2CCCC2)cc1. The van der Waals surface area contributed by atoms with Crippen LogP contribution < -0.4 is 19.7 Å². The third-order valence-electron chi connectivity index (χ3n) is 5.56. The van der Waals surface area contributed by atoms with Crippen LogP contribution >= 0.6 is 11.8 Å². The van der Waals surface area contributed by atoms with Gasteiger partial charge < -0.3 is 19.7 Å². The highest BCUT2D eigenvalue weighted by Crippen LogP contribution is 2.32. The van der Waals surface area contributed by atoms with Crippen molar-refractivity contribution in [3.8, 4) is 17.2 Å². The maximum atomic E-state index is 12.5. The number of fused-ring (bicyclic) bond motifs is 1. The Hall–Kier alpha value is -3.20. The molecule has 0 saturated carbocycles. The summed E-state index contributed by atoms with van der Waals surface area (Å²) in [4.78, 5) is 14.8. The van der Waals surface area contributed by atoms with Crippen molar-refractivity contribution in [2.24, 2.45) is 0 Å². The Morgan fingerprint density at radius 2 is 1.84 bits per heavy atom. The highest BCUT2D eigenvalue weighted by molar-refractivity contribution is 7.99. The van der Waals surface area contributed by atoms with Gasteiger partial charge in [0.2, 0.25) is 18.6 Å². The zero-order chi connectivity index (χ0) is 21.9. The van der Waals surface area contributed by atoms with Gasteiger partial charge in [-0.15, -0.1) is 10.2 Å². The first kappa shape index (κ1) is 20.7. The summed E-state index contributed by atoms with van der Waals surface area (Å²) in [5.41, 5.74) is 3.17. The molecule has 0 radical (unpaired) electrons. The highest BCUT2D eigenvalue weighted by atomic mass is 32.2. The Bertz CT molecular complexity index is 1110. The van der Waals surface area contributed by atoms with Crippen LogP contribution in [0, 0.1) is 6.92 Å². The number of nitrogens with one attached hydrogen (secondary N) is 1. The number of nitrogens with zero attached hydrogens (tertiary/aromatic N) is 4. The van der Waals surface area contributed by atoms with Crippen LogP contribution in [0.1, 0.15) is 24.0 Å². The van der Waals surface area contributed by atoms with Crippen molar-refractivity contribution >= 4 is 23.6 Å². The number of carbonyl (C=O) groups excluding carboxylic acids is 1. The van der Waals surface area contributed by atoms with Crippen LogP contribution in [0.15, 0.2) is 47.6 Å². The lowest BCUT2D eigenvalue weighted by Gasteiger charge is -2.18. The molecule has 0 spiro atoms. The molecule has 1 N–H and O–H groups in total. The van der Waals surface area contributed by atoms with E-state index in [2.05, 4.69) is 56.2 Å². The first-order valence-corrected chi connectivity index (χ1v) is 11.7. The maximum absolute atomic E-state index is 12.5. The molecule has 5 rings (SSSR count). The van der Waals surface area contributed by atoms with E-state index in [-0.39, 0.29) is 18.5 Å². The molecule has 1 aromatic heterocycles. The molecule has 1 amide bonds. The lowest BCUT2D eigenvalue weighted by molar-refractivity contribution is -0.118. The van der Waals surface area contributed by atoms with Gasteiger partial charge in [-0.05, 0) is 49.6 Å². The standard InChI is InChI=1S/C23H25N5O3S/c1-16-4-7-18(8-5-16)28-22(27-10-2-3-11-27)25-26-23(28)32-14-21(29)24-13-17-6-9-19-20(12-17)31-15-30-19/h4-9,12H,2-3,10-11,13-15H2,1H3,(H,24,29). The Labute approximate surface area is 190 Å². The van der Waals surface area contributed by atoms with Crippen molar-refractivity contribution in [1.29, 1.82) is 0 Å². The van der Waals surface area contributed by atoms with Gasteiger partial charge in [0, 0.05) is 19.6 Å². The number of aryl methyl sites for hydroxylation is 1. The minimum atomic E-state index is -0.0613. The second-order valence-corrected chi connectivity index (χ2v) is 8.84. The summed E-state index contributed by atoms with van der Waals surface area (Å²) < 4.78 is 12.8. The van der Waals surface area contributed by atoms with Gasteiger partial charge in [-0.1, -0.05) is 35.5 Å². The van der Waals surface area contributed by atoms with E-state index >= 15 is 0 Å². The van der Waals surface area contributed by atoms with Crippen molar-refractivity contribution in [2.45, 2.75) is 31.5 Å². The molecule has 32 heavy (non-hydrogen) atoms. The number of benzene rings is 2. The van der Waals surface area contributed by atoms with E-state index in [1.165, 1.54) is 17.3 Å². The number of aromatic nitrogens is 3. The molecular weight excluding hydrogens is 426 g/mol. The number of anilines is 1. The van der Waals surface area contributed by atoms with Crippen molar-refractivity contribution < 1.29 is 14.3 Å². The molecule has 166 valence electrons. The number of hydrogen-bond donors (Lipinski definition) is 1. The van der Waals surface area contributed by atoms with Gasteiger partial charge in [-0.25, -0.2) is 0 Å². The van der Waals surface area contributed by atoms with Gasteiger partial charge in [0.1, 0.15) is 0 Å². The molecule has 2 aliphatic heterocycles. The van der Waals surface area contributed by atoms with E-state index in [0.717, 1.165) is 48.9 Å². The normalized spacial score (nSPS) is 14.7. The minimum Gasteiger partial charge on any atom is -0.454 e. The molecule has 2 aliphatic rings. The van der Waals surface area contributed by atoms with E-state index in [9.17, 15) is 4.79 Å². The summed E-state index contributed by atoms with van der Waals surface area (Å²) >= 11 is 1.40. The van der Waals surface area contributed by atoms with Gasteiger partial charge in [-0.3, -0.25) is 9.36 Å². The molecule has 1 fully saturated rings. The van der Waals surface area contributed by atoms with Crippen molar-refractivity contribution in [3.63, 3.8) is 0 Å². The molecule has 1 saturated heterocycles. The third-order valence-corrected chi connectivity index (χ3v) is 6.49. The first-order valence-electron chi connectivity index (χ1n) is 10.7.